The van der Waals surface area contributed by atoms with Crippen molar-refractivity contribution in [2.75, 3.05) is 13.7 Å². The topological polar surface area (TPSA) is 61.3 Å². The molecule has 0 aromatic carbocycles. The third-order valence-electron chi connectivity index (χ3n) is 1.74. The zero-order valence-electron chi connectivity index (χ0n) is 6.71. The number of hydrogen-bond acceptors (Lipinski definition) is 3. The SMILES string of the molecule is COCC1(N)C=CC(N)=CC1. The van der Waals surface area contributed by atoms with E-state index in [0.717, 1.165) is 12.1 Å². The maximum absolute atomic E-state index is 5.92. The molecule has 62 valence electrons. The highest BCUT2D eigenvalue weighted by molar-refractivity contribution is 5.26. The van der Waals surface area contributed by atoms with Crippen LogP contribution < -0.4 is 11.5 Å². The molecule has 1 rings (SSSR count). The van der Waals surface area contributed by atoms with E-state index >= 15 is 0 Å². The Morgan fingerprint density at radius 3 is 2.91 bits per heavy atom. The molecule has 1 aliphatic rings. The first-order valence-electron chi connectivity index (χ1n) is 3.59. The maximum atomic E-state index is 5.92. The van der Waals surface area contributed by atoms with Gasteiger partial charge in [-0.3, -0.25) is 0 Å². The van der Waals surface area contributed by atoms with Crippen molar-refractivity contribution in [3.8, 4) is 0 Å². The largest absolute Gasteiger partial charge is 0.399 e. The monoisotopic (exact) mass is 154 g/mol. The standard InChI is InChI=1S/C8H14N2O/c1-11-6-8(10)4-2-7(9)3-5-8/h2-4H,5-6,9-10H2,1H3. The van der Waals surface area contributed by atoms with Crippen LogP contribution in [0.5, 0.6) is 0 Å². The Kier molecular flexibility index (Phi) is 2.31. The summed E-state index contributed by atoms with van der Waals surface area (Å²) in [7, 11) is 1.64. The van der Waals surface area contributed by atoms with Gasteiger partial charge in [0, 0.05) is 12.8 Å². The normalized spacial score (nSPS) is 30.2. The smallest absolute Gasteiger partial charge is 0.0681 e. The minimum absolute atomic E-state index is 0.350. The molecular formula is C8H14N2O. The van der Waals surface area contributed by atoms with Crippen LogP contribution in [0, 0.1) is 0 Å². The van der Waals surface area contributed by atoms with Crippen molar-refractivity contribution in [2.24, 2.45) is 11.5 Å². The van der Waals surface area contributed by atoms with Crippen LogP contribution in [0.25, 0.3) is 0 Å². The van der Waals surface area contributed by atoms with Gasteiger partial charge in [-0.2, -0.15) is 0 Å². The van der Waals surface area contributed by atoms with Gasteiger partial charge in [-0.25, -0.2) is 0 Å². The zero-order valence-corrected chi connectivity index (χ0v) is 6.71. The quantitative estimate of drug-likeness (QED) is 0.594. The lowest BCUT2D eigenvalue weighted by molar-refractivity contribution is 0.154. The number of allylic oxidation sites excluding steroid dienone is 1. The average molecular weight is 154 g/mol. The fraction of sp³-hybridized carbons (Fsp3) is 0.500. The summed E-state index contributed by atoms with van der Waals surface area (Å²) in [4.78, 5) is 0. The van der Waals surface area contributed by atoms with Crippen LogP contribution in [-0.4, -0.2) is 19.3 Å². The minimum atomic E-state index is -0.350. The summed E-state index contributed by atoms with van der Waals surface area (Å²) < 4.78 is 4.97. The second-order valence-electron chi connectivity index (χ2n) is 2.91. The first-order valence-corrected chi connectivity index (χ1v) is 3.59. The molecule has 0 aromatic heterocycles. The molecule has 0 aromatic rings. The number of ether oxygens (including phenoxy) is 1. The van der Waals surface area contributed by atoms with Crippen molar-refractivity contribution in [3.05, 3.63) is 23.9 Å². The molecule has 1 atom stereocenters. The number of rotatable bonds is 2. The summed E-state index contributed by atoms with van der Waals surface area (Å²) in [6.45, 7) is 0.535. The van der Waals surface area contributed by atoms with Crippen molar-refractivity contribution in [3.63, 3.8) is 0 Å². The summed E-state index contributed by atoms with van der Waals surface area (Å²) in [5.41, 5.74) is 11.9. The molecule has 0 aliphatic heterocycles. The molecule has 0 saturated heterocycles. The van der Waals surface area contributed by atoms with E-state index in [1.54, 1.807) is 7.11 Å². The predicted octanol–water partition coefficient (Wildman–Crippen LogP) is 0.133. The fourth-order valence-electron chi connectivity index (χ4n) is 1.08. The molecule has 3 heteroatoms. The molecule has 1 aliphatic carbocycles. The van der Waals surface area contributed by atoms with E-state index in [1.807, 2.05) is 18.2 Å². The van der Waals surface area contributed by atoms with Crippen LogP contribution in [0.1, 0.15) is 6.42 Å². The van der Waals surface area contributed by atoms with Gasteiger partial charge in [0.1, 0.15) is 0 Å². The average Bonchev–Trinajstić information content (AvgIpc) is 1.97. The third-order valence-corrected chi connectivity index (χ3v) is 1.74. The van der Waals surface area contributed by atoms with Crippen molar-refractivity contribution in [2.45, 2.75) is 12.0 Å². The number of nitrogens with two attached hydrogens (primary N) is 2. The highest BCUT2D eigenvalue weighted by atomic mass is 16.5. The summed E-state index contributed by atoms with van der Waals surface area (Å²) in [5.74, 6) is 0. The van der Waals surface area contributed by atoms with Gasteiger partial charge in [-0.05, 0) is 12.5 Å². The van der Waals surface area contributed by atoms with E-state index in [1.165, 1.54) is 0 Å². The lowest BCUT2D eigenvalue weighted by Crippen LogP contribution is -2.43. The van der Waals surface area contributed by atoms with Gasteiger partial charge in [-0.1, -0.05) is 12.2 Å². The summed E-state index contributed by atoms with van der Waals surface area (Å²) in [6, 6.07) is 0. The molecule has 0 radical (unpaired) electrons. The van der Waals surface area contributed by atoms with Gasteiger partial charge in [0.2, 0.25) is 0 Å². The summed E-state index contributed by atoms with van der Waals surface area (Å²) >= 11 is 0. The van der Waals surface area contributed by atoms with Crippen molar-refractivity contribution in [1.29, 1.82) is 0 Å². The maximum Gasteiger partial charge on any atom is 0.0681 e. The molecule has 11 heavy (non-hydrogen) atoms. The van der Waals surface area contributed by atoms with Crippen LogP contribution in [-0.2, 0) is 4.74 Å². The molecule has 0 bridgehead atoms. The van der Waals surface area contributed by atoms with E-state index in [0.29, 0.717) is 6.61 Å². The Bertz CT molecular complexity index is 198. The van der Waals surface area contributed by atoms with E-state index in [9.17, 15) is 0 Å². The number of methoxy groups -OCH3 is 1. The van der Waals surface area contributed by atoms with Crippen LogP contribution in [0.2, 0.25) is 0 Å². The van der Waals surface area contributed by atoms with E-state index < -0.39 is 0 Å². The Balaban J connectivity index is 2.58. The van der Waals surface area contributed by atoms with E-state index in [2.05, 4.69) is 0 Å². The van der Waals surface area contributed by atoms with Crippen molar-refractivity contribution < 1.29 is 4.74 Å². The molecule has 0 saturated carbocycles. The van der Waals surface area contributed by atoms with E-state index in [4.69, 9.17) is 16.2 Å². The molecular weight excluding hydrogens is 140 g/mol. The Morgan fingerprint density at radius 1 is 1.73 bits per heavy atom. The Hall–Kier alpha value is -0.800. The lowest BCUT2D eigenvalue weighted by Gasteiger charge is -2.25. The zero-order chi connectivity index (χ0) is 8.32. The highest BCUT2D eigenvalue weighted by Crippen LogP contribution is 2.16. The highest BCUT2D eigenvalue weighted by Gasteiger charge is 2.22. The van der Waals surface area contributed by atoms with Gasteiger partial charge in [-0.15, -0.1) is 0 Å². The first kappa shape index (κ1) is 8.30. The molecule has 0 heterocycles. The molecule has 3 nitrogen and oxygen atoms in total. The minimum Gasteiger partial charge on any atom is -0.399 e. The Labute approximate surface area is 66.7 Å². The van der Waals surface area contributed by atoms with Crippen molar-refractivity contribution >= 4 is 0 Å². The fourth-order valence-corrected chi connectivity index (χ4v) is 1.08. The Morgan fingerprint density at radius 2 is 2.45 bits per heavy atom. The van der Waals surface area contributed by atoms with Gasteiger partial charge < -0.3 is 16.2 Å². The van der Waals surface area contributed by atoms with Crippen molar-refractivity contribution in [1.82, 2.24) is 0 Å². The third kappa shape index (κ3) is 2.06. The molecule has 0 fully saturated rings. The van der Waals surface area contributed by atoms with Crippen LogP contribution in [0.3, 0.4) is 0 Å². The van der Waals surface area contributed by atoms with Crippen LogP contribution in [0.15, 0.2) is 23.9 Å². The van der Waals surface area contributed by atoms with Gasteiger partial charge in [0.25, 0.3) is 0 Å². The van der Waals surface area contributed by atoms with Gasteiger partial charge in [0.15, 0.2) is 0 Å². The van der Waals surface area contributed by atoms with E-state index in [-0.39, 0.29) is 5.54 Å². The van der Waals surface area contributed by atoms with Gasteiger partial charge >= 0.3 is 0 Å². The molecule has 4 N–H and O–H groups in total. The second-order valence-corrected chi connectivity index (χ2v) is 2.91. The lowest BCUT2D eigenvalue weighted by atomic mass is 9.92. The molecule has 1 unspecified atom stereocenters. The molecule has 0 spiro atoms. The summed E-state index contributed by atoms with van der Waals surface area (Å²) in [5, 5.41) is 0. The van der Waals surface area contributed by atoms with Crippen LogP contribution >= 0.6 is 0 Å². The first-order chi connectivity index (χ1) is 5.16. The predicted molar refractivity (Wildman–Crippen MR) is 44.8 cm³/mol. The summed E-state index contributed by atoms with van der Waals surface area (Å²) in [6.07, 6.45) is 6.39. The van der Waals surface area contributed by atoms with Gasteiger partial charge in [0.05, 0.1) is 12.1 Å². The molecule has 0 amide bonds. The number of hydrogen-bond donors (Lipinski definition) is 2. The van der Waals surface area contributed by atoms with Crippen LogP contribution in [0.4, 0.5) is 0 Å². The second kappa shape index (κ2) is 3.07.